The van der Waals surface area contributed by atoms with Gasteiger partial charge in [0.15, 0.2) is 0 Å². The molecule has 104 valence electrons. The third-order valence-electron chi connectivity index (χ3n) is 3.54. The van der Waals surface area contributed by atoms with Crippen molar-refractivity contribution in [2.24, 2.45) is 5.41 Å². The van der Waals surface area contributed by atoms with Gasteiger partial charge in [-0.05, 0) is 38.6 Å². The summed E-state index contributed by atoms with van der Waals surface area (Å²) in [6.45, 7) is 18.0. The summed E-state index contributed by atoms with van der Waals surface area (Å²) in [5.41, 5.74) is 0.500. The Labute approximate surface area is 109 Å². The average Bonchev–Trinajstić information content (AvgIpc) is 2.16. The lowest BCUT2D eigenvalue weighted by atomic mass is 9.90. The van der Waals surface area contributed by atoms with Crippen LogP contribution >= 0.6 is 0 Å². The van der Waals surface area contributed by atoms with Crippen LogP contribution in [0.5, 0.6) is 0 Å². The minimum Gasteiger partial charge on any atom is -0.301 e. The zero-order valence-corrected chi connectivity index (χ0v) is 11.9. The molecule has 0 aromatic carbocycles. The van der Waals surface area contributed by atoms with Crippen LogP contribution in [-0.2, 0) is 0 Å². The van der Waals surface area contributed by atoms with Gasteiger partial charge in [-0.2, -0.15) is 0 Å². The average molecular weight is 242 g/mol. The molecule has 0 atom stereocenters. The van der Waals surface area contributed by atoms with E-state index in [4.69, 9.17) is 0 Å². The Morgan fingerprint density at radius 2 is 1.53 bits per heavy atom. The van der Waals surface area contributed by atoms with Gasteiger partial charge in [-0.25, -0.2) is 0 Å². The summed E-state index contributed by atoms with van der Waals surface area (Å²) in [5, 5.41) is 0. The van der Waals surface area contributed by atoms with Gasteiger partial charge in [-0.15, -0.1) is 0 Å². The Morgan fingerprint density at radius 1 is 1.00 bits per heavy atom. The lowest BCUT2D eigenvalue weighted by Crippen LogP contribution is -2.48. The summed E-state index contributed by atoms with van der Waals surface area (Å²) in [6, 6.07) is 0.719. The molecule has 0 N–H and O–H groups in total. The Hall–Kier alpha value is -0.0800. The van der Waals surface area contributed by atoms with Crippen molar-refractivity contribution in [1.82, 2.24) is 9.80 Å². The van der Waals surface area contributed by atoms with E-state index in [-0.39, 0.29) is 7.43 Å². The van der Waals surface area contributed by atoms with Gasteiger partial charge in [0, 0.05) is 32.2 Å². The van der Waals surface area contributed by atoms with Gasteiger partial charge in [-0.3, -0.25) is 4.90 Å². The molecule has 1 aliphatic heterocycles. The molecular weight excluding hydrogens is 208 g/mol. The van der Waals surface area contributed by atoms with Crippen molar-refractivity contribution in [2.45, 2.75) is 60.9 Å². The molecule has 17 heavy (non-hydrogen) atoms. The summed E-state index contributed by atoms with van der Waals surface area (Å²) in [7, 11) is 0. The Bertz CT molecular complexity index is 186. The fourth-order valence-electron chi connectivity index (χ4n) is 2.34. The molecule has 2 heteroatoms. The molecule has 0 aliphatic carbocycles. The van der Waals surface area contributed by atoms with Crippen LogP contribution in [0.25, 0.3) is 0 Å². The number of piperazine rings is 1. The van der Waals surface area contributed by atoms with E-state index < -0.39 is 0 Å². The SMILES string of the molecule is C.CC(C)N1CCN(CCCC(C)(C)C)CC1. The summed E-state index contributed by atoms with van der Waals surface area (Å²) in [6.07, 6.45) is 2.70. The van der Waals surface area contributed by atoms with Gasteiger partial charge in [0.25, 0.3) is 0 Å². The highest BCUT2D eigenvalue weighted by molar-refractivity contribution is 4.74. The molecule has 0 aromatic rings. The summed E-state index contributed by atoms with van der Waals surface area (Å²) in [5.74, 6) is 0. The second kappa shape index (κ2) is 7.38. The maximum Gasteiger partial charge on any atom is 0.0113 e. The molecule has 0 aromatic heterocycles. The van der Waals surface area contributed by atoms with Gasteiger partial charge >= 0.3 is 0 Å². The van der Waals surface area contributed by atoms with E-state index in [0.717, 1.165) is 6.04 Å². The van der Waals surface area contributed by atoms with E-state index >= 15 is 0 Å². The molecule has 1 rings (SSSR count). The van der Waals surface area contributed by atoms with Crippen molar-refractivity contribution in [3.8, 4) is 0 Å². The Morgan fingerprint density at radius 3 is 1.94 bits per heavy atom. The van der Waals surface area contributed by atoms with Gasteiger partial charge in [0.05, 0.1) is 0 Å². The fraction of sp³-hybridized carbons (Fsp3) is 1.00. The van der Waals surface area contributed by atoms with Crippen LogP contribution in [0.3, 0.4) is 0 Å². The van der Waals surface area contributed by atoms with Crippen LogP contribution in [0.2, 0.25) is 0 Å². The fourth-order valence-corrected chi connectivity index (χ4v) is 2.34. The first-order chi connectivity index (χ1) is 7.38. The first kappa shape index (κ1) is 16.9. The van der Waals surface area contributed by atoms with Crippen LogP contribution in [0.4, 0.5) is 0 Å². The molecule has 2 nitrogen and oxygen atoms in total. The monoisotopic (exact) mass is 242 g/mol. The van der Waals surface area contributed by atoms with E-state index in [1.807, 2.05) is 0 Å². The largest absolute Gasteiger partial charge is 0.301 e. The molecular formula is C15H34N2. The lowest BCUT2D eigenvalue weighted by molar-refractivity contribution is 0.105. The molecule has 0 radical (unpaired) electrons. The zero-order valence-electron chi connectivity index (χ0n) is 11.9. The maximum atomic E-state index is 2.63. The normalized spacial score (nSPS) is 19.4. The topological polar surface area (TPSA) is 6.48 Å². The van der Waals surface area contributed by atoms with Gasteiger partial charge in [0.2, 0.25) is 0 Å². The van der Waals surface area contributed by atoms with Crippen molar-refractivity contribution < 1.29 is 0 Å². The second-order valence-electron chi connectivity index (χ2n) is 6.64. The van der Waals surface area contributed by atoms with Crippen LogP contribution in [0.1, 0.15) is 54.9 Å². The van der Waals surface area contributed by atoms with Gasteiger partial charge in [-0.1, -0.05) is 28.2 Å². The third kappa shape index (κ3) is 7.05. The van der Waals surface area contributed by atoms with E-state index in [2.05, 4.69) is 44.4 Å². The summed E-state index contributed by atoms with van der Waals surface area (Å²) in [4.78, 5) is 5.21. The first-order valence-corrected chi connectivity index (χ1v) is 6.85. The Kier molecular flexibility index (Phi) is 7.34. The molecule has 1 fully saturated rings. The van der Waals surface area contributed by atoms with Gasteiger partial charge in [0.1, 0.15) is 0 Å². The highest BCUT2D eigenvalue weighted by Crippen LogP contribution is 2.20. The lowest BCUT2D eigenvalue weighted by Gasteiger charge is -2.37. The highest BCUT2D eigenvalue weighted by Gasteiger charge is 2.18. The molecule has 1 heterocycles. The van der Waals surface area contributed by atoms with E-state index in [0.29, 0.717) is 5.41 Å². The summed E-state index contributed by atoms with van der Waals surface area (Å²) < 4.78 is 0. The number of hydrogen-bond donors (Lipinski definition) is 0. The minimum atomic E-state index is 0. The number of hydrogen-bond acceptors (Lipinski definition) is 2. The van der Waals surface area contributed by atoms with E-state index in [1.165, 1.54) is 45.6 Å². The Balaban J connectivity index is 0.00000256. The van der Waals surface area contributed by atoms with Gasteiger partial charge < -0.3 is 4.90 Å². The standard InChI is InChI=1S/C14H30N2.CH4/c1-13(2)16-11-9-15(10-12-16)8-6-7-14(3,4)5;/h13H,6-12H2,1-5H3;1H4. The molecule has 1 saturated heterocycles. The minimum absolute atomic E-state index is 0. The predicted octanol–water partition coefficient (Wildman–Crippen LogP) is 3.47. The van der Waals surface area contributed by atoms with Crippen molar-refractivity contribution >= 4 is 0 Å². The van der Waals surface area contributed by atoms with Crippen LogP contribution in [-0.4, -0.2) is 48.6 Å². The molecule has 0 unspecified atom stereocenters. The second-order valence-corrected chi connectivity index (χ2v) is 6.64. The number of nitrogens with zero attached hydrogens (tertiary/aromatic N) is 2. The van der Waals surface area contributed by atoms with Crippen molar-refractivity contribution in [3.63, 3.8) is 0 Å². The van der Waals surface area contributed by atoms with Crippen molar-refractivity contribution in [1.29, 1.82) is 0 Å². The van der Waals surface area contributed by atoms with Crippen molar-refractivity contribution in [2.75, 3.05) is 32.7 Å². The molecule has 1 aliphatic rings. The quantitative estimate of drug-likeness (QED) is 0.745. The molecule has 0 saturated carbocycles. The van der Waals surface area contributed by atoms with E-state index in [1.54, 1.807) is 0 Å². The molecule has 0 bridgehead atoms. The maximum absolute atomic E-state index is 2.63. The highest BCUT2D eigenvalue weighted by atomic mass is 15.3. The summed E-state index contributed by atoms with van der Waals surface area (Å²) >= 11 is 0. The third-order valence-corrected chi connectivity index (χ3v) is 3.54. The van der Waals surface area contributed by atoms with Crippen LogP contribution in [0, 0.1) is 5.41 Å². The zero-order chi connectivity index (χ0) is 12.2. The first-order valence-electron chi connectivity index (χ1n) is 6.85. The van der Waals surface area contributed by atoms with Crippen LogP contribution < -0.4 is 0 Å². The van der Waals surface area contributed by atoms with Crippen molar-refractivity contribution in [3.05, 3.63) is 0 Å². The van der Waals surface area contributed by atoms with Crippen LogP contribution in [0.15, 0.2) is 0 Å². The number of rotatable bonds is 4. The molecule has 0 spiro atoms. The predicted molar refractivity (Wildman–Crippen MR) is 78.6 cm³/mol. The smallest absolute Gasteiger partial charge is 0.0113 e. The molecule has 0 amide bonds. The van der Waals surface area contributed by atoms with E-state index in [9.17, 15) is 0 Å².